The Morgan fingerprint density at radius 2 is 1.91 bits per heavy atom. The molecule has 1 N–H and O–H groups in total. The van der Waals surface area contributed by atoms with Gasteiger partial charge in [-0.15, -0.1) is 0 Å². The summed E-state index contributed by atoms with van der Waals surface area (Å²) in [6.07, 6.45) is 0.345. The normalized spacial score (nSPS) is 12.0. The van der Waals surface area contributed by atoms with E-state index in [0.717, 1.165) is 27.4 Å². The van der Waals surface area contributed by atoms with Gasteiger partial charge in [0.2, 0.25) is 5.91 Å². The largest absolute Gasteiger partial charge is 0.487 e. The minimum atomic E-state index is -0.0588. The van der Waals surface area contributed by atoms with Crippen LogP contribution in [0.4, 0.5) is 5.13 Å². The minimum Gasteiger partial charge on any atom is -0.487 e. The lowest BCUT2D eigenvalue weighted by molar-refractivity contribution is -0.115. The Balaban J connectivity index is 1.54. The van der Waals surface area contributed by atoms with Gasteiger partial charge in [-0.2, -0.15) is 0 Å². The lowest BCUT2D eigenvalue weighted by Gasteiger charge is -2.15. The number of anilines is 1. The molecule has 1 aliphatic rings. The summed E-state index contributed by atoms with van der Waals surface area (Å²) in [6.45, 7) is 0.499. The number of carbonyl (C=O) groups is 1. The third-order valence-corrected chi connectivity index (χ3v) is 4.60. The first-order valence-corrected chi connectivity index (χ1v) is 8.17. The molecule has 1 amide bonds. The van der Waals surface area contributed by atoms with Crippen molar-refractivity contribution in [2.24, 2.45) is 0 Å². The number of carbonyl (C=O) groups excluding carboxylic acids is 1. The van der Waals surface area contributed by atoms with Crippen LogP contribution in [0.5, 0.6) is 5.75 Å². The molecular formula is C18H14N2O2S. The van der Waals surface area contributed by atoms with Crippen LogP contribution in [-0.4, -0.2) is 10.9 Å². The fourth-order valence-electron chi connectivity index (χ4n) is 2.59. The molecule has 0 bridgehead atoms. The molecule has 0 fully saturated rings. The third-order valence-electron chi connectivity index (χ3n) is 3.65. The number of hydrogen-bond donors (Lipinski definition) is 1. The number of rotatable bonds is 3. The van der Waals surface area contributed by atoms with Crippen molar-refractivity contribution in [3.63, 3.8) is 0 Å². The van der Waals surface area contributed by atoms with Crippen LogP contribution in [0.25, 0.3) is 11.3 Å². The highest BCUT2D eigenvalue weighted by molar-refractivity contribution is 7.16. The minimum absolute atomic E-state index is 0.0588. The van der Waals surface area contributed by atoms with Crippen LogP contribution in [-0.2, 0) is 17.8 Å². The molecule has 0 saturated heterocycles. The van der Waals surface area contributed by atoms with Crippen LogP contribution in [0.2, 0.25) is 0 Å². The first-order valence-electron chi connectivity index (χ1n) is 7.35. The number of thiazole rings is 1. The molecule has 0 radical (unpaired) electrons. The molecule has 0 atom stereocenters. The number of fused-ring (bicyclic) bond motifs is 3. The zero-order valence-electron chi connectivity index (χ0n) is 12.3. The molecule has 4 nitrogen and oxygen atoms in total. The van der Waals surface area contributed by atoms with Gasteiger partial charge >= 0.3 is 0 Å². The van der Waals surface area contributed by atoms with Crippen LogP contribution in [0, 0.1) is 0 Å². The lowest BCUT2D eigenvalue weighted by atomic mass is 10.1. The van der Waals surface area contributed by atoms with Crippen molar-refractivity contribution in [2.45, 2.75) is 13.0 Å². The maximum atomic E-state index is 12.2. The van der Waals surface area contributed by atoms with Crippen LogP contribution < -0.4 is 10.1 Å². The summed E-state index contributed by atoms with van der Waals surface area (Å²) >= 11 is 1.47. The number of aromatic nitrogens is 1. The van der Waals surface area contributed by atoms with E-state index in [-0.39, 0.29) is 5.91 Å². The van der Waals surface area contributed by atoms with Gasteiger partial charge in [0.05, 0.1) is 17.0 Å². The van der Waals surface area contributed by atoms with Gasteiger partial charge in [-0.1, -0.05) is 53.8 Å². The quantitative estimate of drug-likeness (QED) is 0.796. The van der Waals surface area contributed by atoms with Crippen LogP contribution >= 0.6 is 11.3 Å². The Morgan fingerprint density at radius 3 is 2.78 bits per heavy atom. The zero-order valence-corrected chi connectivity index (χ0v) is 13.1. The highest BCUT2D eigenvalue weighted by Gasteiger charge is 2.22. The molecule has 0 spiro atoms. The van der Waals surface area contributed by atoms with Crippen molar-refractivity contribution in [3.8, 4) is 17.0 Å². The Bertz CT molecular complexity index is 858. The molecule has 1 aromatic heterocycles. The van der Waals surface area contributed by atoms with Crippen molar-refractivity contribution in [1.82, 2.24) is 4.98 Å². The monoisotopic (exact) mass is 322 g/mol. The van der Waals surface area contributed by atoms with Gasteiger partial charge < -0.3 is 10.1 Å². The molecule has 23 heavy (non-hydrogen) atoms. The van der Waals surface area contributed by atoms with Crippen molar-refractivity contribution in [3.05, 3.63) is 65.0 Å². The fraction of sp³-hybridized carbons (Fsp3) is 0.111. The summed E-state index contributed by atoms with van der Waals surface area (Å²) in [7, 11) is 0. The van der Waals surface area contributed by atoms with E-state index in [0.29, 0.717) is 18.2 Å². The number of nitrogens with zero attached hydrogens (tertiary/aromatic N) is 1. The molecule has 1 aliphatic heterocycles. The van der Waals surface area contributed by atoms with E-state index in [1.165, 1.54) is 11.3 Å². The Hall–Kier alpha value is -2.66. The number of para-hydroxylation sites is 1. The van der Waals surface area contributed by atoms with E-state index >= 15 is 0 Å². The van der Waals surface area contributed by atoms with Crippen LogP contribution in [0.15, 0.2) is 54.6 Å². The van der Waals surface area contributed by atoms with E-state index in [1.54, 1.807) is 0 Å². The molecule has 5 heteroatoms. The Labute approximate surface area is 137 Å². The summed E-state index contributed by atoms with van der Waals surface area (Å²) in [5.74, 6) is 0.781. The van der Waals surface area contributed by atoms with Gasteiger partial charge in [0.25, 0.3) is 0 Å². The maximum Gasteiger partial charge on any atom is 0.230 e. The van der Waals surface area contributed by atoms with Crippen LogP contribution in [0.1, 0.15) is 10.4 Å². The Kier molecular flexibility index (Phi) is 3.55. The van der Waals surface area contributed by atoms with Crippen LogP contribution in [0.3, 0.4) is 0 Å². The zero-order chi connectivity index (χ0) is 15.6. The predicted molar refractivity (Wildman–Crippen MR) is 90.7 cm³/mol. The smallest absolute Gasteiger partial charge is 0.230 e. The molecule has 0 unspecified atom stereocenters. The molecule has 0 saturated carbocycles. The first-order chi connectivity index (χ1) is 11.3. The van der Waals surface area contributed by atoms with Crippen molar-refractivity contribution < 1.29 is 9.53 Å². The molecular weight excluding hydrogens is 308 g/mol. The highest BCUT2D eigenvalue weighted by Crippen LogP contribution is 2.40. The second-order valence-corrected chi connectivity index (χ2v) is 6.37. The number of nitrogens with one attached hydrogen (secondary N) is 1. The van der Waals surface area contributed by atoms with E-state index < -0.39 is 0 Å². The van der Waals surface area contributed by atoms with E-state index in [2.05, 4.69) is 10.3 Å². The third kappa shape index (κ3) is 2.83. The van der Waals surface area contributed by atoms with Gasteiger partial charge in [0, 0.05) is 5.56 Å². The first kappa shape index (κ1) is 14.0. The second kappa shape index (κ2) is 5.85. The fourth-order valence-corrected chi connectivity index (χ4v) is 3.49. The summed E-state index contributed by atoms with van der Waals surface area (Å²) < 4.78 is 5.72. The molecule has 2 aromatic carbocycles. The van der Waals surface area contributed by atoms with Gasteiger partial charge in [0.1, 0.15) is 12.4 Å². The van der Waals surface area contributed by atoms with Crippen molar-refractivity contribution in [1.29, 1.82) is 0 Å². The summed E-state index contributed by atoms with van der Waals surface area (Å²) in [4.78, 5) is 17.8. The second-order valence-electron chi connectivity index (χ2n) is 5.29. The van der Waals surface area contributed by atoms with Gasteiger partial charge in [0.15, 0.2) is 5.13 Å². The summed E-state index contributed by atoms with van der Waals surface area (Å²) in [5.41, 5.74) is 2.88. The molecule has 4 rings (SSSR count). The molecule has 0 aliphatic carbocycles. The number of ether oxygens (including phenoxy) is 1. The number of amides is 1. The van der Waals surface area contributed by atoms with Crippen molar-refractivity contribution in [2.75, 3.05) is 5.32 Å². The molecule has 114 valence electrons. The lowest BCUT2D eigenvalue weighted by Crippen LogP contribution is -2.14. The molecule has 3 aromatic rings. The Morgan fingerprint density at radius 1 is 1.13 bits per heavy atom. The predicted octanol–water partition coefficient (Wildman–Crippen LogP) is 3.88. The average Bonchev–Trinajstić information content (AvgIpc) is 2.98. The van der Waals surface area contributed by atoms with Gasteiger partial charge in [-0.3, -0.25) is 4.79 Å². The average molecular weight is 322 g/mol. The van der Waals surface area contributed by atoms with Crippen molar-refractivity contribution >= 4 is 22.4 Å². The standard InChI is InChI=1S/C18H14N2O2S/c21-16(10-12-6-2-1-3-7-12)19-18-20-17-13-8-4-5-9-14(13)22-11-15(17)23-18/h1-9H,10-11H2,(H,19,20,21). The van der Waals surface area contributed by atoms with Gasteiger partial charge in [-0.25, -0.2) is 4.98 Å². The van der Waals surface area contributed by atoms with Gasteiger partial charge in [-0.05, 0) is 17.7 Å². The number of hydrogen-bond acceptors (Lipinski definition) is 4. The summed E-state index contributed by atoms with van der Waals surface area (Å²) in [6, 6.07) is 17.5. The highest BCUT2D eigenvalue weighted by atomic mass is 32.1. The maximum absolute atomic E-state index is 12.2. The molecule has 2 heterocycles. The van der Waals surface area contributed by atoms with E-state index in [9.17, 15) is 4.79 Å². The summed E-state index contributed by atoms with van der Waals surface area (Å²) in [5, 5.41) is 3.51. The van der Waals surface area contributed by atoms with E-state index in [4.69, 9.17) is 4.74 Å². The SMILES string of the molecule is O=C(Cc1ccccc1)Nc1nc2c(s1)COc1ccccc1-2. The van der Waals surface area contributed by atoms with E-state index in [1.807, 2.05) is 54.6 Å². The topological polar surface area (TPSA) is 51.2 Å². The number of benzene rings is 2.